The summed E-state index contributed by atoms with van der Waals surface area (Å²) in [5, 5.41) is 0. The fraction of sp³-hybridized carbons (Fsp3) is 0.400. The maximum absolute atomic E-state index is 12.0. The first-order valence-corrected chi connectivity index (χ1v) is 4.31. The first-order valence-electron chi connectivity index (χ1n) is 4.31. The molecule has 14 heavy (non-hydrogen) atoms. The SMILES string of the molecule is Cc1ccc([C@H](C)N)cc1OC(F)F. The molecule has 2 nitrogen and oxygen atoms in total. The van der Waals surface area contributed by atoms with Gasteiger partial charge in [-0.05, 0) is 31.0 Å². The van der Waals surface area contributed by atoms with Crippen LogP contribution < -0.4 is 10.5 Å². The number of hydrogen-bond acceptors (Lipinski definition) is 2. The van der Waals surface area contributed by atoms with Crippen LogP contribution in [0.5, 0.6) is 5.75 Å². The summed E-state index contributed by atoms with van der Waals surface area (Å²) < 4.78 is 28.3. The van der Waals surface area contributed by atoms with Gasteiger partial charge in [-0.15, -0.1) is 0 Å². The van der Waals surface area contributed by atoms with Crippen LogP contribution in [0.15, 0.2) is 18.2 Å². The first-order chi connectivity index (χ1) is 6.50. The van der Waals surface area contributed by atoms with E-state index in [0.29, 0.717) is 5.56 Å². The number of rotatable bonds is 3. The Labute approximate surface area is 81.7 Å². The summed E-state index contributed by atoms with van der Waals surface area (Å²) in [4.78, 5) is 0. The molecule has 0 fully saturated rings. The number of halogens is 2. The van der Waals surface area contributed by atoms with E-state index in [4.69, 9.17) is 5.73 Å². The molecule has 1 aromatic carbocycles. The van der Waals surface area contributed by atoms with E-state index >= 15 is 0 Å². The van der Waals surface area contributed by atoms with Crippen molar-refractivity contribution in [2.24, 2.45) is 5.73 Å². The molecule has 0 unspecified atom stereocenters. The molecule has 0 aliphatic carbocycles. The molecule has 4 heteroatoms. The quantitative estimate of drug-likeness (QED) is 0.815. The molecular weight excluding hydrogens is 188 g/mol. The number of benzene rings is 1. The maximum atomic E-state index is 12.0. The highest BCUT2D eigenvalue weighted by Crippen LogP contribution is 2.23. The lowest BCUT2D eigenvalue weighted by Gasteiger charge is -2.11. The standard InChI is InChI=1S/C10H13F2NO/c1-6-3-4-8(7(2)13)5-9(6)14-10(11)12/h3-5,7,10H,13H2,1-2H3/t7-/m0/s1. The fourth-order valence-electron chi connectivity index (χ4n) is 1.12. The lowest BCUT2D eigenvalue weighted by molar-refractivity contribution is -0.0503. The summed E-state index contributed by atoms with van der Waals surface area (Å²) in [5.41, 5.74) is 7.08. The molecule has 0 spiro atoms. The van der Waals surface area contributed by atoms with Gasteiger partial charge in [-0.2, -0.15) is 8.78 Å². The zero-order chi connectivity index (χ0) is 10.7. The van der Waals surface area contributed by atoms with Gasteiger partial charge in [0.05, 0.1) is 0 Å². The largest absolute Gasteiger partial charge is 0.435 e. The van der Waals surface area contributed by atoms with Gasteiger partial charge in [0.1, 0.15) is 5.75 Å². The predicted octanol–water partition coefficient (Wildman–Crippen LogP) is 2.62. The van der Waals surface area contributed by atoms with Crippen molar-refractivity contribution in [3.05, 3.63) is 29.3 Å². The third-order valence-corrected chi connectivity index (χ3v) is 1.95. The number of aryl methyl sites for hydroxylation is 1. The smallest absolute Gasteiger partial charge is 0.387 e. The lowest BCUT2D eigenvalue weighted by atomic mass is 10.1. The van der Waals surface area contributed by atoms with Crippen LogP contribution in [0, 0.1) is 6.92 Å². The molecule has 78 valence electrons. The minimum Gasteiger partial charge on any atom is -0.435 e. The molecule has 0 saturated carbocycles. The second kappa shape index (κ2) is 4.37. The van der Waals surface area contributed by atoms with Crippen LogP contribution in [0.25, 0.3) is 0 Å². The van der Waals surface area contributed by atoms with Crippen LogP contribution in [0.3, 0.4) is 0 Å². The van der Waals surface area contributed by atoms with Gasteiger partial charge >= 0.3 is 6.61 Å². The maximum Gasteiger partial charge on any atom is 0.387 e. The molecule has 0 aliphatic rings. The van der Waals surface area contributed by atoms with Crippen molar-refractivity contribution >= 4 is 0 Å². The van der Waals surface area contributed by atoms with Crippen LogP contribution in [-0.2, 0) is 0 Å². The molecule has 0 heterocycles. The second-order valence-electron chi connectivity index (χ2n) is 3.19. The van der Waals surface area contributed by atoms with Gasteiger partial charge in [-0.3, -0.25) is 0 Å². The van der Waals surface area contributed by atoms with Crippen molar-refractivity contribution in [1.29, 1.82) is 0 Å². The van der Waals surface area contributed by atoms with E-state index in [2.05, 4.69) is 4.74 Å². The van der Waals surface area contributed by atoms with E-state index in [0.717, 1.165) is 5.56 Å². The van der Waals surface area contributed by atoms with Gasteiger partial charge in [0, 0.05) is 6.04 Å². The summed E-state index contributed by atoms with van der Waals surface area (Å²) in [7, 11) is 0. The van der Waals surface area contributed by atoms with Gasteiger partial charge in [-0.1, -0.05) is 12.1 Å². The minimum absolute atomic E-state index is 0.185. The van der Waals surface area contributed by atoms with E-state index in [9.17, 15) is 8.78 Å². The summed E-state index contributed by atoms with van der Waals surface area (Å²) >= 11 is 0. The summed E-state index contributed by atoms with van der Waals surface area (Å²) in [6, 6.07) is 4.89. The van der Waals surface area contributed by atoms with E-state index in [1.54, 1.807) is 32.0 Å². The molecule has 0 aromatic heterocycles. The number of alkyl halides is 2. The topological polar surface area (TPSA) is 35.2 Å². The Morgan fingerprint density at radius 3 is 2.50 bits per heavy atom. The molecule has 2 N–H and O–H groups in total. The average Bonchev–Trinajstić information content (AvgIpc) is 2.07. The summed E-state index contributed by atoms with van der Waals surface area (Å²) in [6.45, 7) is 0.705. The van der Waals surface area contributed by atoms with E-state index in [-0.39, 0.29) is 11.8 Å². The molecule has 1 rings (SSSR count). The molecule has 0 radical (unpaired) electrons. The van der Waals surface area contributed by atoms with Gasteiger partial charge < -0.3 is 10.5 Å². The van der Waals surface area contributed by atoms with Gasteiger partial charge in [0.2, 0.25) is 0 Å². The normalized spacial score (nSPS) is 13.0. The zero-order valence-corrected chi connectivity index (χ0v) is 8.13. The highest BCUT2D eigenvalue weighted by atomic mass is 19.3. The van der Waals surface area contributed by atoms with Crippen LogP contribution in [0.4, 0.5) is 8.78 Å². The Bertz CT molecular complexity index is 313. The number of nitrogens with two attached hydrogens (primary N) is 1. The van der Waals surface area contributed by atoms with Crippen LogP contribution >= 0.6 is 0 Å². The Morgan fingerprint density at radius 2 is 2.00 bits per heavy atom. The molecule has 0 amide bonds. The number of ether oxygens (including phenoxy) is 1. The Morgan fingerprint density at radius 1 is 1.36 bits per heavy atom. The van der Waals surface area contributed by atoms with Gasteiger partial charge in [-0.25, -0.2) is 0 Å². The molecule has 1 atom stereocenters. The summed E-state index contributed by atoms with van der Waals surface area (Å²) in [5.74, 6) is 0.190. The van der Waals surface area contributed by atoms with Gasteiger partial charge in [0.15, 0.2) is 0 Å². The minimum atomic E-state index is -2.79. The zero-order valence-electron chi connectivity index (χ0n) is 8.13. The molecule has 0 saturated heterocycles. The van der Waals surface area contributed by atoms with E-state index in [1.807, 2.05) is 0 Å². The predicted molar refractivity (Wildman–Crippen MR) is 50.4 cm³/mol. The lowest BCUT2D eigenvalue weighted by Crippen LogP contribution is -2.07. The van der Waals surface area contributed by atoms with Crippen LogP contribution in [0.2, 0.25) is 0 Å². The Kier molecular flexibility index (Phi) is 3.41. The van der Waals surface area contributed by atoms with Crippen molar-refractivity contribution in [1.82, 2.24) is 0 Å². The Balaban J connectivity index is 2.96. The number of hydrogen-bond donors (Lipinski definition) is 1. The highest BCUT2D eigenvalue weighted by Gasteiger charge is 2.09. The molecular formula is C10H13F2NO. The van der Waals surface area contributed by atoms with Crippen molar-refractivity contribution in [2.75, 3.05) is 0 Å². The first kappa shape index (κ1) is 10.9. The highest BCUT2D eigenvalue weighted by molar-refractivity contribution is 5.37. The van der Waals surface area contributed by atoms with Crippen molar-refractivity contribution in [3.8, 4) is 5.75 Å². The van der Waals surface area contributed by atoms with Crippen LogP contribution in [0.1, 0.15) is 24.1 Å². The monoisotopic (exact) mass is 201 g/mol. The van der Waals surface area contributed by atoms with Crippen molar-refractivity contribution in [3.63, 3.8) is 0 Å². The van der Waals surface area contributed by atoms with Crippen molar-refractivity contribution in [2.45, 2.75) is 26.5 Å². The molecule has 0 bridgehead atoms. The Hall–Kier alpha value is -1.16. The van der Waals surface area contributed by atoms with E-state index < -0.39 is 6.61 Å². The fourth-order valence-corrected chi connectivity index (χ4v) is 1.12. The van der Waals surface area contributed by atoms with Crippen LogP contribution in [-0.4, -0.2) is 6.61 Å². The average molecular weight is 201 g/mol. The second-order valence-corrected chi connectivity index (χ2v) is 3.19. The van der Waals surface area contributed by atoms with E-state index in [1.165, 1.54) is 0 Å². The van der Waals surface area contributed by atoms with Crippen molar-refractivity contribution < 1.29 is 13.5 Å². The summed E-state index contributed by atoms with van der Waals surface area (Å²) in [6.07, 6.45) is 0. The molecule has 1 aromatic rings. The third-order valence-electron chi connectivity index (χ3n) is 1.95. The third kappa shape index (κ3) is 2.67. The van der Waals surface area contributed by atoms with Gasteiger partial charge in [0.25, 0.3) is 0 Å². The molecule has 0 aliphatic heterocycles.